The maximum Gasteiger partial charge on any atom is 0.279 e. The molecular weight excluding hydrogens is 320 g/mol. The van der Waals surface area contributed by atoms with Gasteiger partial charge in [0, 0.05) is 23.4 Å². The highest BCUT2D eigenvalue weighted by atomic mass is 35.5. The lowest BCUT2D eigenvalue weighted by molar-refractivity contribution is 0.597. The number of halogens is 1. The van der Waals surface area contributed by atoms with Crippen molar-refractivity contribution >= 4 is 27.6 Å². The van der Waals surface area contributed by atoms with Gasteiger partial charge < -0.3 is 0 Å². The SMILES string of the molecule is Cc1ccc(C)c(S(=O)(=O)N(Cl)c2cccc(C3CC3)n2)c1. The first kappa shape index (κ1) is 15.3. The van der Waals surface area contributed by atoms with E-state index in [1.807, 2.05) is 19.1 Å². The third-order valence-electron chi connectivity index (χ3n) is 3.76. The van der Waals surface area contributed by atoms with Crippen LogP contribution in [0.3, 0.4) is 0 Å². The van der Waals surface area contributed by atoms with Crippen LogP contribution in [0.4, 0.5) is 5.82 Å². The molecule has 0 N–H and O–H groups in total. The first-order valence-corrected chi connectivity index (χ1v) is 8.93. The number of anilines is 1. The zero-order chi connectivity index (χ0) is 15.9. The van der Waals surface area contributed by atoms with Crippen molar-refractivity contribution in [3.8, 4) is 0 Å². The standard InChI is InChI=1S/C16H17ClN2O2S/c1-11-6-7-12(2)15(10-11)22(20,21)19(17)16-5-3-4-14(18-16)13-8-9-13/h3-7,10,13H,8-9H2,1-2H3. The van der Waals surface area contributed by atoms with Crippen molar-refractivity contribution in [3.63, 3.8) is 0 Å². The van der Waals surface area contributed by atoms with E-state index < -0.39 is 10.0 Å². The molecule has 0 atom stereocenters. The zero-order valence-corrected chi connectivity index (χ0v) is 14.0. The summed E-state index contributed by atoms with van der Waals surface area (Å²) in [5, 5.41) is 0. The van der Waals surface area contributed by atoms with Gasteiger partial charge in [0.15, 0.2) is 5.82 Å². The number of benzene rings is 1. The molecule has 0 amide bonds. The number of aryl methyl sites for hydroxylation is 2. The molecule has 0 aliphatic heterocycles. The van der Waals surface area contributed by atoms with Gasteiger partial charge >= 0.3 is 0 Å². The molecule has 1 fully saturated rings. The summed E-state index contributed by atoms with van der Waals surface area (Å²) < 4.78 is 26.3. The maximum atomic E-state index is 12.8. The average molecular weight is 337 g/mol. The molecule has 3 rings (SSSR count). The molecule has 0 saturated heterocycles. The lowest BCUT2D eigenvalue weighted by Crippen LogP contribution is -2.23. The summed E-state index contributed by atoms with van der Waals surface area (Å²) in [5.41, 5.74) is 2.43. The smallest absolute Gasteiger partial charge is 0.233 e. The van der Waals surface area contributed by atoms with Crippen molar-refractivity contribution in [2.75, 3.05) is 3.82 Å². The van der Waals surface area contributed by atoms with Gasteiger partial charge in [0.25, 0.3) is 10.0 Å². The highest BCUT2D eigenvalue weighted by molar-refractivity contribution is 7.94. The summed E-state index contributed by atoms with van der Waals surface area (Å²) in [5.74, 6) is 0.681. The van der Waals surface area contributed by atoms with Crippen LogP contribution in [0.15, 0.2) is 41.3 Å². The van der Waals surface area contributed by atoms with Crippen LogP contribution in [-0.4, -0.2) is 13.4 Å². The third kappa shape index (κ3) is 2.83. The predicted molar refractivity (Wildman–Crippen MR) is 87.6 cm³/mol. The molecule has 2 aromatic rings. The molecule has 0 radical (unpaired) electrons. The van der Waals surface area contributed by atoms with E-state index in [4.69, 9.17) is 11.8 Å². The number of pyridine rings is 1. The Labute approximate surface area is 135 Å². The van der Waals surface area contributed by atoms with Crippen molar-refractivity contribution in [2.45, 2.75) is 37.5 Å². The number of rotatable bonds is 4. The Morgan fingerprint density at radius 1 is 1.18 bits per heavy atom. The van der Waals surface area contributed by atoms with E-state index in [9.17, 15) is 8.42 Å². The van der Waals surface area contributed by atoms with E-state index in [0.717, 1.165) is 27.9 Å². The van der Waals surface area contributed by atoms with E-state index in [2.05, 4.69) is 4.98 Å². The molecule has 22 heavy (non-hydrogen) atoms. The number of sulfonamides is 1. The molecule has 1 aromatic heterocycles. The molecule has 6 heteroatoms. The van der Waals surface area contributed by atoms with Crippen molar-refractivity contribution in [1.29, 1.82) is 0 Å². The fourth-order valence-electron chi connectivity index (χ4n) is 2.34. The summed E-state index contributed by atoms with van der Waals surface area (Å²) >= 11 is 6.14. The highest BCUT2D eigenvalue weighted by Gasteiger charge is 2.29. The summed E-state index contributed by atoms with van der Waals surface area (Å²) in [7, 11) is -3.83. The zero-order valence-electron chi connectivity index (χ0n) is 12.5. The largest absolute Gasteiger partial charge is 0.279 e. The van der Waals surface area contributed by atoms with E-state index in [1.54, 1.807) is 31.2 Å². The lowest BCUT2D eigenvalue weighted by atomic mass is 10.2. The monoisotopic (exact) mass is 336 g/mol. The Hall–Kier alpha value is -1.59. The molecule has 0 bridgehead atoms. The maximum absolute atomic E-state index is 12.8. The average Bonchev–Trinajstić information content (AvgIpc) is 3.33. The Morgan fingerprint density at radius 3 is 2.59 bits per heavy atom. The van der Waals surface area contributed by atoms with Gasteiger partial charge in [-0.05, 0) is 56.0 Å². The highest BCUT2D eigenvalue weighted by Crippen LogP contribution is 2.40. The third-order valence-corrected chi connectivity index (χ3v) is 6.09. The Balaban J connectivity index is 2.01. The minimum Gasteiger partial charge on any atom is -0.233 e. The number of hydrogen-bond donors (Lipinski definition) is 0. The van der Waals surface area contributed by atoms with Gasteiger partial charge in [-0.25, -0.2) is 4.98 Å². The van der Waals surface area contributed by atoms with Crippen molar-refractivity contribution in [3.05, 3.63) is 53.2 Å². The Morgan fingerprint density at radius 2 is 1.91 bits per heavy atom. The fourth-order valence-corrected chi connectivity index (χ4v) is 3.99. The molecule has 1 aliphatic carbocycles. The van der Waals surface area contributed by atoms with Gasteiger partial charge in [-0.2, -0.15) is 12.2 Å². The molecule has 1 aromatic carbocycles. The molecular formula is C16H17ClN2O2S. The molecule has 1 saturated carbocycles. The van der Waals surface area contributed by atoms with Crippen LogP contribution in [0.5, 0.6) is 0 Å². The molecule has 0 spiro atoms. The van der Waals surface area contributed by atoms with Crippen molar-refractivity contribution in [1.82, 2.24) is 4.98 Å². The normalized spacial score (nSPS) is 14.9. The van der Waals surface area contributed by atoms with Crippen molar-refractivity contribution < 1.29 is 8.42 Å². The molecule has 1 aliphatic rings. The first-order chi connectivity index (χ1) is 10.4. The Bertz CT molecular complexity index is 817. The van der Waals surface area contributed by atoms with Crippen LogP contribution >= 0.6 is 11.8 Å². The summed E-state index contributed by atoms with van der Waals surface area (Å²) in [6.07, 6.45) is 2.20. The van der Waals surface area contributed by atoms with Crippen LogP contribution in [0, 0.1) is 13.8 Å². The van der Waals surface area contributed by atoms with Crippen LogP contribution < -0.4 is 3.82 Å². The molecule has 4 nitrogen and oxygen atoms in total. The number of hydrogen-bond acceptors (Lipinski definition) is 3. The minimum atomic E-state index is -3.83. The van der Waals surface area contributed by atoms with E-state index in [-0.39, 0.29) is 10.7 Å². The number of nitrogens with zero attached hydrogens (tertiary/aromatic N) is 2. The van der Waals surface area contributed by atoms with Crippen LogP contribution in [0.1, 0.15) is 35.6 Å². The predicted octanol–water partition coefficient (Wildman–Crippen LogP) is 3.92. The van der Waals surface area contributed by atoms with Crippen LogP contribution in [0.2, 0.25) is 0 Å². The molecule has 1 heterocycles. The van der Waals surface area contributed by atoms with Crippen molar-refractivity contribution in [2.24, 2.45) is 0 Å². The second-order valence-electron chi connectivity index (χ2n) is 5.68. The van der Waals surface area contributed by atoms with Gasteiger partial charge in [-0.1, -0.05) is 18.2 Å². The Kier molecular flexibility index (Phi) is 3.87. The summed E-state index contributed by atoms with van der Waals surface area (Å²) in [4.78, 5) is 4.60. The molecule has 0 unspecified atom stereocenters. The van der Waals surface area contributed by atoms with E-state index in [0.29, 0.717) is 11.5 Å². The first-order valence-electron chi connectivity index (χ1n) is 7.15. The van der Waals surface area contributed by atoms with Gasteiger partial charge in [0.05, 0.1) is 4.90 Å². The van der Waals surface area contributed by atoms with E-state index in [1.165, 1.54) is 0 Å². The summed E-state index contributed by atoms with van der Waals surface area (Å²) in [6, 6.07) is 10.6. The summed E-state index contributed by atoms with van der Waals surface area (Å²) in [6.45, 7) is 3.61. The van der Waals surface area contributed by atoms with Gasteiger partial charge in [-0.15, -0.1) is 0 Å². The topological polar surface area (TPSA) is 50.3 Å². The van der Waals surface area contributed by atoms with Gasteiger partial charge in [-0.3, -0.25) is 0 Å². The van der Waals surface area contributed by atoms with Gasteiger partial charge in [0.1, 0.15) is 0 Å². The molecule has 116 valence electrons. The van der Waals surface area contributed by atoms with Gasteiger partial charge in [0.2, 0.25) is 0 Å². The lowest BCUT2D eigenvalue weighted by Gasteiger charge is -2.17. The van der Waals surface area contributed by atoms with Crippen LogP contribution in [-0.2, 0) is 10.0 Å². The second-order valence-corrected chi connectivity index (χ2v) is 7.98. The fraction of sp³-hybridized carbons (Fsp3) is 0.312. The van der Waals surface area contributed by atoms with Crippen LogP contribution in [0.25, 0.3) is 0 Å². The minimum absolute atomic E-state index is 0.209. The quantitative estimate of drug-likeness (QED) is 0.795. The number of aromatic nitrogens is 1. The van der Waals surface area contributed by atoms with E-state index >= 15 is 0 Å². The second kappa shape index (κ2) is 5.56.